The lowest BCUT2D eigenvalue weighted by atomic mass is 9.90. The van der Waals surface area contributed by atoms with Crippen molar-refractivity contribution in [3.8, 4) is 11.4 Å². The molecule has 0 radical (unpaired) electrons. The number of hydrogen-bond acceptors (Lipinski definition) is 6. The highest BCUT2D eigenvalue weighted by molar-refractivity contribution is 5.55. The fourth-order valence-electron chi connectivity index (χ4n) is 3.99. The van der Waals surface area contributed by atoms with Crippen molar-refractivity contribution in [1.82, 2.24) is 19.5 Å². The zero-order chi connectivity index (χ0) is 21.1. The highest BCUT2D eigenvalue weighted by Gasteiger charge is 2.34. The van der Waals surface area contributed by atoms with E-state index in [1.54, 1.807) is 22.9 Å². The van der Waals surface area contributed by atoms with Crippen LogP contribution in [0.4, 0.5) is 5.95 Å². The van der Waals surface area contributed by atoms with E-state index in [0.29, 0.717) is 37.0 Å². The molecule has 30 heavy (non-hydrogen) atoms. The van der Waals surface area contributed by atoms with Crippen LogP contribution < -0.4 is 10.5 Å². The number of fused-ring (bicyclic) bond motifs is 1. The highest BCUT2D eigenvalue weighted by atomic mass is 16.5. The second kappa shape index (κ2) is 8.36. The van der Waals surface area contributed by atoms with E-state index in [1.807, 2.05) is 25.1 Å². The van der Waals surface area contributed by atoms with Crippen LogP contribution >= 0.6 is 0 Å². The van der Waals surface area contributed by atoms with Gasteiger partial charge < -0.3 is 9.64 Å². The number of anilines is 1. The van der Waals surface area contributed by atoms with Crippen LogP contribution in [0, 0.1) is 5.41 Å². The molecule has 0 fully saturated rings. The Labute approximate surface area is 176 Å². The van der Waals surface area contributed by atoms with Gasteiger partial charge in [-0.15, -0.1) is 0 Å². The first kappa shape index (κ1) is 20.2. The van der Waals surface area contributed by atoms with Crippen LogP contribution in [0.2, 0.25) is 0 Å². The van der Waals surface area contributed by atoms with Gasteiger partial charge in [0, 0.05) is 37.4 Å². The van der Waals surface area contributed by atoms with Gasteiger partial charge in [0.15, 0.2) is 0 Å². The molecule has 0 saturated heterocycles. The van der Waals surface area contributed by atoms with Crippen molar-refractivity contribution in [3.05, 3.63) is 70.9 Å². The standard InChI is InChI=1S/C23H27N5O2/c1-4-30-20(17-8-6-5-7-9-17)13-27-14-23(2,3)15-28-21(29)12-19(26-22(27)28)18-10-11-24-16-25-18/h5-12,16,20H,4,13-15H2,1-3H3. The lowest BCUT2D eigenvalue weighted by molar-refractivity contribution is 0.0642. The quantitative estimate of drug-likeness (QED) is 0.626. The summed E-state index contributed by atoms with van der Waals surface area (Å²) in [6.07, 6.45) is 3.01. The summed E-state index contributed by atoms with van der Waals surface area (Å²) in [4.78, 5) is 28.2. The second-order valence-corrected chi connectivity index (χ2v) is 8.36. The van der Waals surface area contributed by atoms with Crippen LogP contribution in [0.15, 0.2) is 59.8 Å². The largest absolute Gasteiger partial charge is 0.372 e. The average molecular weight is 406 g/mol. The highest BCUT2D eigenvalue weighted by Crippen LogP contribution is 2.32. The molecule has 1 unspecified atom stereocenters. The van der Waals surface area contributed by atoms with Gasteiger partial charge in [-0.2, -0.15) is 0 Å². The lowest BCUT2D eigenvalue weighted by Gasteiger charge is -2.41. The van der Waals surface area contributed by atoms with Gasteiger partial charge >= 0.3 is 0 Å². The fourth-order valence-corrected chi connectivity index (χ4v) is 3.99. The lowest BCUT2D eigenvalue weighted by Crippen LogP contribution is -2.49. The summed E-state index contributed by atoms with van der Waals surface area (Å²) in [5, 5.41) is 0. The van der Waals surface area contributed by atoms with Gasteiger partial charge in [-0.25, -0.2) is 15.0 Å². The van der Waals surface area contributed by atoms with E-state index < -0.39 is 0 Å². The van der Waals surface area contributed by atoms with E-state index in [2.05, 4.69) is 40.8 Å². The number of rotatable bonds is 6. The predicted octanol–water partition coefficient (Wildman–Crippen LogP) is 3.32. The number of aromatic nitrogens is 4. The second-order valence-electron chi connectivity index (χ2n) is 8.36. The number of hydrogen-bond donors (Lipinski definition) is 0. The van der Waals surface area contributed by atoms with E-state index >= 15 is 0 Å². The summed E-state index contributed by atoms with van der Waals surface area (Å²) in [6, 6.07) is 13.5. The molecular formula is C23H27N5O2. The van der Waals surface area contributed by atoms with Crippen molar-refractivity contribution in [2.75, 3.05) is 24.6 Å². The first-order chi connectivity index (χ1) is 14.5. The summed E-state index contributed by atoms with van der Waals surface area (Å²) < 4.78 is 7.85. The molecule has 1 aliphatic rings. The molecule has 1 aliphatic heterocycles. The summed E-state index contributed by atoms with van der Waals surface area (Å²) in [6.45, 7) is 8.97. The van der Waals surface area contributed by atoms with Crippen LogP contribution in [-0.4, -0.2) is 39.2 Å². The monoisotopic (exact) mass is 405 g/mol. The zero-order valence-corrected chi connectivity index (χ0v) is 17.7. The number of benzene rings is 1. The summed E-state index contributed by atoms with van der Waals surface area (Å²) in [7, 11) is 0. The summed E-state index contributed by atoms with van der Waals surface area (Å²) >= 11 is 0. The van der Waals surface area contributed by atoms with Crippen molar-refractivity contribution >= 4 is 5.95 Å². The van der Waals surface area contributed by atoms with E-state index in [-0.39, 0.29) is 17.1 Å². The van der Waals surface area contributed by atoms with Crippen molar-refractivity contribution in [2.45, 2.75) is 33.4 Å². The van der Waals surface area contributed by atoms with Gasteiger partial charge in [-0.1, -0.05) is 44.2 Å². The Kier molecular flexibility index (Phi) is 5.63. The van der Waals surface area contributed by atoms with Gasteiger partial charge in [0.1, 0.15) is 12.4 Å². The molecule has 3 heterocycles. The SMILES string of the molecule is CCOC(CN1CC(C)(C)Cn2c1nc(-c1ccncn1)cc2=O)c1ccccc1. The summed E-state index contributed by atoms with van der Waals surface area (Å²) in [5.41, 5.74) is 2.18. The van der Waals surface area contributed by atoms with Crippen LogP contribution in [0.25, 0.3) is 11.4 Å². The van der Waals surface area contributed by atoms with Gasteiger partial charge in [-0.3, -0.25) is 9.36 Å². The minimum absolute atomic E-state index is 0.0671. The molecule has 0 saturated carbocycles. The summed E-state index contributed by atoms with van der Waals surface area (Å²) in [5.74, 6) is 0.663. The van der Waals surface area contributed by atoms with E-state index in [1.165, 1.54) is 6.33 Å². The van der Waals surface area contributed by atoms with Gasteiger partial charge in [0.25, 0.3) is 5.56 Å². The molecule has 0 N–H and O–H groups in total. The number of ether oxygens (including phenoxy) is 1. The third-order valence-electron chi connectivity index (χ3n) is 5.25. The Hall–Kier alpha value is -3.06. The van der Waals surface area contributed by atoms with Crippen LogP contribution in [0.5, 0.6) is 0 Å². The molecule has 0 aliphatic carbocycles. The Morgan fingerprint density at radius 3 is 2.63 bits per heavy atom. The third-order valence-corrected chi connectivity index (χ3v) is 5.25. The molecule has 156 valence electrons. The van der Waals surface area contributed by atoms with Crippen molar-refractivity contribution in [3.63, 3.8) is 0 Å². The molecule has 1 aromatic carbocycles. The first-order valence-corrected chi connectivity index (χ1v) is 10.3. The minimum atomic E-state index is -0.113. The fraction of sp³-hybridized carbons (Fsp3) is 0.391. The maximum atomic E-state index is 13.0. The van der Waals surface area contributed by atoms with Crippen LogP contribution in [0.3, 0.4) is 0 Å². The molecule has 7 nitrogen and oxygen atoms in total. The van der Waals surface area contributed by atoms with Crippen LogP contribution in [-0.2, 0) is 11.3 Å². The maximum absolute atomic E-state index is 13.0. The average Bonchev–Trinajstić information content (AvgIpc) is 2.75. The third kappa shape index (κ3) is 4.26. The van der Waals surface area contributed by atoms with Crippen molar-refractivity contribution in [1.29, 1.82) is 0 Å². The Balaban J connectivity index is 1.75. The van der Waals surface area contributed by atoms with E-state index in [9.17, 15) is 4.79 Å². The molecule has 4 rings (SSSR count). The molecule has 0 bridgehead atoms. The normalized spacial score (nSPS) is 16.2. The van der Waals surface area contributed by atoms with Crippen molar-refractivity contribution in [2.24, 2.45) is 5.41 Å². The molecule has 7 heteroatoms. The Morgan fingerprint density at radius 1 is 1.13 bits per heavy atom. The number of nitrogens with zero attached hydrogens (tertiary/aromatic N) is 5. The smallest absolute Gasteiger partial charge is 0.255 e. The topological polar surface area (TPSA) is 73.1 Å². The van der Waals surface area contributed by atoms with Crippen LogP contribution in [0.1, 0.15) is 32.4 Å². The maximum Gasteiger partial charge on any atom is 0.255 e. The van der Waals surface area contributed by atoms with Gasteiger partial charge in [-0.05, 0) is 18.6 Å². The molecule has 0 spiro atoms. The molecule has 3 aromatic rings. The molecule has 1 atom stereocenters. The Morgan fingerprint density at radius 2 is 1.93 bits per heavy atom. The van der Waals surface area contributed by atoms with E-state index in [4.69, 9.17) is 9.72 Å². The molecule has 2 aromatic heterocycles. The van der Waals surface area contributed by atoms with Gasteiger partial charge in [0.2, 0.25) is 5.95 Å². The Bertz CT molecular complexity index is 1050. The zero-order valence-electron chi connectivity index (χ0n) is 17.7. The predicted molar refractivity (Wildman–Crippen MR) is 116 cm³/mol. The molecule has 0 amide bonds. The van der Waals surface area contributed by atoms with Crippen molar-refractivity contribution < 1.29 is 4.74 Å². The van der Waals surface area contributed by atoms with Gasteiger partial charge in [0.05, 0.1) is 17.9 Å². The molecular weight excluding hydrogens is 378 g/mol. The minimum Gasteiger partial charge on any atom is -0.372 e. The first-order valence-electron chi connectivity index (χ1n) is 10.3. The van der Waals surface area contributed by atoms with E-state index in [0.717, 1.165) is 12.1 Å².